The molecule has 1 aromatic carbocycles. The maximum absolute atomic E-state index is 12.5. The minimum atomic E-state index is -0.339. The molecule has 1 amide bonds. The van der Waals surface area contributed by atoms with Crippen LogP contribution in [0.4, 0.5) is 0 Å². The van der Waals surface area contributed by atoms with E-state index in [0.29, 0.717) is 18.2 Å². The largest absolute Gasteiger partial charge is 0.344 e. The van der Waals surface area contributed by atoms with Gasteiger partial charge in [-0.3, -0.25) is 9.89 Å². The first-order valence-corrected chi connectivity index (χ1v) is 7.49. The fraction of sp³-hybridized carbons (Fsp3) is 0.429. The summed E-state index contributed by atoms with van der Waals surface area (Å²) in [7, 11) is 0. The topological polar surface area (TPSA) is 83.8 Å². The Kier molecular flexibility index (Phi) is 4.60. The first kappa shape index (κ1) is 16.3. The lowest BCUT2D eigenvalue weighted by molar-refractivity contribution is 0.0894. The molecule has 1 atom stereocenters. The Bertz CT molecular complexity index is 670. The van der Waals surface area contributed by atoms with E-state index < -0.39 is 0 Å². The van der Waals surface area contributed by atoms with Crippen molar-refractivity contribution < 1.29 is 4.79 Å². The molecule has 1 fully saturated rings. The van der Waals surface area contributed by atoms with Crippen molar-refractivity contribution in [1.82, 2.24) is 15.5 Å². The Morgan fingerprint density at radius 1 is 1.57 bits per heavy atom. The zero-order valence-electron chi connectivity index (χ0n) is 11.6. The number of aromatic nitrogens is 2. The zero-order valence-corrected chi connectivity index (χ0v) is 14.1. The highest BCUT2D eigenvalue weighted by molar-refractivity contribution is 9.10. The SMILES string of the molecule is CC(CN)(NC(=O)c1n[nH]c2ccc(Br)cc12)C1CC1.Cl. The average Bonchev–Trinajstić information content (AvgIpc) is 3.20. The van der Waals surface area contributed by atoms with Crippen LogP contribution >= 0.6 is 28.3 Å². The van der Waals surface area contributed by atoms with Gasteiger partial charge in [0.25, 0.3) is 5.91 Å². The van der Waals surface area contributed by atoms with Crippen LogP contribution in [0.1, 0.15) is 30.3 Å². The highest BCUT2D eigenvalue weighted by Crippen LogP contribution is 2.39. The number of fused-ring (bicyclic) bond motifs is 1. The van der Waals surface area contributed by atoms with Crippen LogP contribution in [0.25, 0.3) is 10.9 Å². The molecule has 7 heteroatoms. The molecule has 4 N–H and O–H groups in total. The summed E-state index contributed by atoms with van der Waals surface area (Å²) in [5.74, 6) is 0.308. The van der Waals surface area contributed by atoms with Gasteiger partial charge in [-0.25, -0.2) is 0 Å². The molecule has 114 valence electrons. The number of H-pyrrole nitrogens is 1. The molecule has 1 aliphatic rings. The van der Waals surface area contributed by atoms with Crippen molar-refractivity contribution in [2.75, 3.05) is 6.54 Å². The van der Waals surface area contributed by atoms with Gasteiger partial charge in [0.2, 0.25) is 0 Å². The number of hydrogen-bond donors (Lipinski definition) is 3. The van der Waals surface area contributed by atoms with E-state index in [4.69, 9.17) is 5.73 Å². The summed E-state index contributed by atoms with van der Waals surface area (Å²) in [6.45, 7) is 2.45. The van der Waals surface area contributed by atoms with Gasteiger partial charge in [0.1, 0.15) is 0 Å². The third-order valence-corrected chi connectivity index (χ3v) is 4.53. The van der Waals surface area contributed by atoms with Crippen molar-refractivity contribution in [3.63, 3.8) is 0 Å². The third kappa shape index (κ3) is 3.07. The van der Waals surface area contributed by atoms with E-state index in [2.05, 4.69) is 31.4 Å². The van der Waals surface area contributed by atoms with Crippen LogP contribution in [0, 0.1) is 5.92 Å². The molecule has 1 heterocycles. The minimum absolute atomic E-state index is 0. The Labute approximate surface area is 137 Å². The smallest absolute Gasteiger partial charge is 0.272 e. The average molecular weight is 374 g/mol. The summed E-state index contributed by atoms with van der Waals surface area (Å²) >= 11 is 3.42. The van der Waals surface area contributed by atoms with Gasteiger partial charge < -0.3 is 11.1 Å². The second-order valence-corrected chi connectivity index (χ2v) is 6.53. The molecule has 0 bridgehead atoms. The molecule has 21 heavy (non-hydrogen) atoms. The number of halogens is 2. The number of benzene rings is 1. The third-order valence-electron chi connectivity index (χ3n) is 4.04. The molecule has 0 spiro atoms. The van der Waals surface area contributed by atoms with E-state index in [-0.39, 0.29) is 23.9 Å². The fourth-order valence-electron chi connectivity index (χ4n) is 2.52. The van der Waals surface area contributed by atoms with E-state index in [0.717, 1.165) is 28.2 Å². The van der Waals surface area contributed by atoms with Crippen molar-refractivity contribution in [1.29, 1.82) is 0 Å². The quantitative estimate of drug-likeness (QED) is 0.770. The Balaban J connectivity index is 0.00000161. The number of carbonyl (C=O) groups excluding carboxylic acids is 1. The molecule has 0 saturated heterocycles. The summed E-state index contributed by atoms with van der Waals surface area (Å²) in [5.41, 5.74) is 6.76. The summed E-state index contributed by atoms with van der Waals surface area (Å²) in [6, 6.07) is 5.70. The highest BCUT2D eigenvalue weighted by Gasteiger charge is 2.42. The lowest BCUT2D eigenvalue weighted by atomic mass is 9.95. The van der Waals surface area contributed by atoms with Gasteiger partial charge >= 0.3 is 0 Å². The van der Waals surface area contributed by atoms with Crippen LogP contribution in [0.15, 0.2) is 22.7 Å². The van der Waals surface area contributed by atoms with Crippen molar-refractivity contribution in [2.24, 2.45) is 11.7 Å². The number of aromatic amines is 1. The number of carbonyl (C=O) groups is 1. The van der Waals surface area contributed by atoms with Crippen molar-refractivity contribution >= 4 is 45.1 Å². The summed E-state index contributed by atoms with van der Waals surface area (Å²) in [5, 5.41) is 10.9. The van der Waals surface area contributed by atoms with Gasteiger partial charge in [0, 0.05) is 16.4 Å². The van der Waals surface area contributed by atoms with Crippen molar-refractivity contribution in [3.05, 3.63) is 28.4 Å². The fourth-order valence-corrected chi connectivity index (χ4v) is 2.88. The standard InChI is InChI=1S/C14H17BrN4O.ClH/c1-14(7-16,8-2-3-8)17-13(20)12-10-6-9(15)4-5-11(10)18-19-12;/h4-6,8H,2-3,7,16H2,1H3,(H,17,20)(H,18,19);1H. The van der Waals surface area contributed by atoms with E-state index in [1.54, 1.807) is 0 Å². The molecule has 1 saturated carbocycles. The molecule has 1 aliphatic carbocycles. The normalized spacial score (nSPS) is 17.1. The monoisotopic (exact) mass is 372 g/mol. The van der Waals surface area contributed by atoms with Crippen molar-refractivity contribution in [3.8, 4) is 0 Å². The van der Waals surface area contributed by atoms with E-state index in [9.17, 15) is 4.79 Å². The maximum Gasteiger partial charge on any atom is 0.272 e. The number of hydrogen-bond acceptors (Lipinski definition) is 3. The minimum Gasteiger partial charge on any atom is -0.344 e. The number of rotatable bonds is 4. The van der Waals surface area contributed by atoms with E-state index in [1.165, 1.54) is 0 Å². The second kappa shape index (κ2) is 5.94. The van der Waals surface area contributed by atoms with Crippen molar-refractivity contribution in [2.45, 2.75) is 25.3 Å². The molecule has 3 rings (SSSR count). The van der Waals surface area contributed by atoms with Gasteiger partial charge in [0.05, 0.1) is 11.1 Å². The van der Waals surface area contributed by atoms with E-state index in [1.807, 2.05) is 25.1 Å². The van der Waals surface area contributed by atoms with Gasteiger partial charge in [-0.15, -0.1) is 12.4 Å². The summed E-state index contributed by atoms with van der Waals surface area (Å²) < 4.78 is 0.921. The van der Waals surface area contributed by atoms with Crippen LogP contribution < -0.4 is 11.1 Å². The van der Waals surface area contributed by atoms with Crippen LogP contribution in [0.3, 0.4) is 0 Å². The number of nitrogens with two attached hydrogens (primary N) is 1. The Morgan fingerprint density at radius 3 is 2.90 bits per heavy atom. The highest BCUT2D eigenvalue weighted by atomic mass is 79.9. The molecule has 0 radical (unpaired) electrons. The molecule has 5 nitrogen and oxygen atoms in total. The maximum atomic E-state index is 12.5. The summed E-state index contributed by atoms with van der Waals surface area (Å²) in [6.07, 6.45) is 2.25. The van der Waals surface area contributed by atoms with E-state index >= 15 is 0 Å². The lowest BCUT2D eigenvalue weighted by Gasteiger charge is -2.29. The predicted molar refractivity (Wildman–Crippen MR) is 88.7 cm³/mol. The zero-order chi connectivity index (χ0) is 14.3. The molecule has 1 aromatic heterocycles. The summed E-state index contributed by atoms with van der Waals surface area (Å²) in [4.78, 5) is 12.5. The second-order valence-electron chi connectivity index (χ2n) is 5.61. The Hall–Kier alpha value is -1.11. The van der Waals surface area contributed by atoms with Gasteiger partial charge in [-0.05, 0) is 43.9 Å². The molecular formula is C14H18BrClN4O. The molecule has 2 aromatic rings. The number of nitrogens with one attached hydrogen (secondary N) is 2. The van der Waals surface area contributed by atoms with Crippen LogP contribution in [0.2, 0.25) is 0 Å². The lowest BCUT2D eigenvalue weighted by Crippen LogP contribution is -2.53. The number of nitrogens with zero attached hydrogens (tertiary/aromatic N) is 1. The Morgan fingerprint density at radius 2 is 2.29 bits per heavy atom. The first-order chi connectivity index (χ1) is 9.53. The van der Waals surface area contributed by atoms with Gasteiger partial charge in [0.15, 0.2) is 5.69 Å². The van der Waals surface area contributed by atoms with Gasteiger partial charge in [-0.1, -0.05) is 15.9 Å². The first-order valence-electron chi connectivity index (χ1n) is 6.70. The predicted octanol–water partition coefficient (Wildman–Crippen LogP) is 2.60. The molecule has 1 unspecified atom stereocenters. The molecule has 0 aliphatic heterocycles. The molecular weight excluding hydrogens is 356 g/mol. The van der Waals surface area contributed by atoms with Crippen LogP contribution in [-0.4, -0.2) is 28.2 Å². The van der Waals surface area contributed by atoms with Crippen LogP contribution in [-0.2, 0) is 0 Å². The van der Waals surface area contributed by atoms with Crippen LogP contribution in [0.5, 0.6) is 0 Å². The number of amides is 1. The van der Waals surface area contributed by atoms with Gasteiger partial charge in [-0.2, -0.15) is 5.10 Å².